The Labute approximate surface area is 319 Å². The van der Waals surface area contributed by atoms with Crippen molar-refractivity contribution in [2.24, 2.45) is 17.2 Å². The summed E-state index contributed by atoms with van der Waals surface area (Å²) >= 11 is 0. The third kappa shape index (κ3) is 8.45. The summed E-state index contributed by atoms with van der Waals surface area (Å²) in [7, 11) is -4.74. The van der Waals surface area contributed by atoms with Crippen molar-refractivity contribution in [1.29, 1.82) is 5.41 Å². The number of benzene rings is 4. The Kier molecular flexibility index (Phi) is 12.2. The number of rotatable bonds is 14. The molecular formula is C42H52N6O5S. The third-order valence-electron chi connectivity index (χ3n) is 10.4. The number of nitrogens with one attached hydrogen (secondary N) is 1. The van der Waals surface area contributed by atoms with Gasteiger partial charge in [-0.15, -0.1) is 0 Å². The van der Waals surface area contributed by atoms with Crippen LogP contribution in [0.15, 0.2) is 89.8 Å². The number of nitrogens with zero attached hydrogens (tertiary/aromatic N) is 2. The van der Waals surface area contributed by atoms with E-state index in [2.05, 4.69) is 0 Å². The zero-order valence-corrected chi connectivity index (χ0v) is 32.6. The van der Waals surface area contributed by atoms with Gasteiger partial charge in [0, 0.05) is 19.6 Å². The van der Waals surface area contributed by atoms with E-state index in [0.29, 0.717) is 59.5 Å². The van der Waals surface area contributed by atoms with Crippen molar-refractivity contribution >= 4 is 27.8 Å². The molecule has 0 unspecified atom stereocenters. The highest BCUT2D eigenvalue weighted by Gasteiger charge is 2.45. The van der Waals surface area contributed by atoms with Crippen LogP contribution in [-0.2, 0) is 39.1 Å². The summed E-state index contributed by atoms with van der Waals surface area (Å²) < 4.78 is 37.9. The molecule has 1 aliphatic rings. The zero-order valence-electron chi connectivity index (χ0n) is 31.8. The second-order valence-corrected chi connectivity index (χ2v) is 16.4. The van der Waals surface area contributed by atoms with Gasteiger partial charge >= 0.3 is 0 Å². The molecule has 0 saturated carbocycles. The second-order valence-electron chi connectivity index (χ2n) is 14.7. The first-order chi connectivity index (χ1) is 25.6. The van der Waals surface area contributed by atoms with Crippen molar-refractivity contribution in [3.8, 4) is 5.75 Å². The van der Waals surface area contributed by atoms with Crippen molar-refractivity contribution in [3.63, 3.8) is 0 Å². The molecule has 0 radical (unpaired) electrons. The van der Waals surface area contributed by atoms with Gasteiger partial charge in [-0.2, -0.15) is 0 Å². The van der Waals surface area contributed by atoms with E-state index in [1.807, 2.05) is 57.2 Å². The van der Waals surface area contributed by atoms with Crippen LogP contribution in [0.5, 0.6) is 5.75 Å². The summed E-state index contributed by atoms with van der Waals surface area (Å²) in [6.07, 6.45) is 1.34. The number of sulfonamides is 1. The molecule has 0 fully saturated rings. The fraction of sp³-hybridized carbons (Fsp3) is 0.357. The van der Waals surface area contributed by atoms with E-state index < -0.39 is 39.4 Å². The SMILES string of the molecule is Cc1c(C)c(S(=O)(=O)N(C(=O)C(c2ccccc2)c2ccccc2)[C@H](CCCN(Cc2ccc(CN)cc2)C(=N)N)C(N)=O)c(C)c2c1OC(C)(C)CC2. The summed E-state index contributed by atoms with van der Waals surface area (Å²) in [5.41, 5.74) is 22.7. The molecule has 7 N–H and O–H groups in total. The number of guanidine groups is 1. The van der Waals surface area contributed by atoms with Crippen LogP contribution < -0.4 is 21.9 Å². The topological polar surface area (TPSA) is 186 Å². The largest absolute Gasteiger partial charge is 0.487 e. The fourth-order valence-corrected chi connectivity index (χ4v) is 9.44. The molecule has 0 aromatic heterocycles. The maximum absolute atomic E-state index is 15.4. The minimum Gasteiger partial charge on any atom is -0.487 e. The monoisotopic (exact) mass is 752 g/mol. The molecule has 5 rings (SSSR count). The van der Waals surface area contributed by atoms with E-state index in [9.17, 15) is 4.79 Å². The lowest BCUT2D eigenvalue weighted by Crippen LogP contribution is -2.53. The van der Waals surface area contributed by atoms with E-state index in [1.54, 1.807) is 67.3 Å². The molecule has 1 aliphatic heterocycles. The fourth-order valence-electron chi connectivity index (χ4n) is 7.31. The van der Waals surface area contributed by atoms with Gasteiger partial charge in [0.25, 0.3) is 10.0 Å². The minimum absolute atomic E-state index is 0.0344. The number of amides is 2. The molecule has 0 aliphatic carbocycles. The quantitative estimate of drug-likeness (QED) is 0.0954. The second kappa shape index (κ2) is 16.4. The van der Waals surface area contributed by atoms with E-state index in [-0.39, 0.29) is 30.2 Å². The molecule has 1 heterocycles. The smallest absolute Gasteiger partial charge is 0.267 e. The Morgan fingerprint density at radius 2 is 1.41 bits per heavy atom. The molecular weight excluding hydrogens is 701 g/mol. The normalized spacial score (nSPS) is 14.1. The van der Waals surface area contributed by atoms with Gasteiger partial charge in [0.15, 0.2) is 5.96 Å². The van der Waals surface area contributed by atoms with Crippen molar-refractivity contribution in [2.45, 2.75) is 95.8 Å². The molecule has 2 amide bonds. The van der Waals surface area contributed by atoms with Crippen molar-refractivity contribution < 1.29 is 22.7 Å². The predicted octanol–water partition coefficient (Wildman–Crippen LogP) is 5.55. The van der Waals surface area contributed by atoms with Gasteiger partial charge in [0.2, 0.25) is 11.8 Å². The van der Waals surface area contributed by atoms with Gasteiger partial charge in [-0.25, -0.2) is 12.7 Å². The Hall–Kier alpha value is -5.20. The Balaban J connectivity index is 1.61. The molecule has 4 aromatic rings. The van der Waals surface area contributed by atoms with Gasteiger partial charge in [-0.3, -0.25) is 15.0 Å². The summed E-state index contributed by atoms with van der Waals surface area (Å²) in [5, 5.41) is 8.25. The predicted molar refractivity (Wildman–Crippen MR) is 211 cm³/mol. The summed E-state index contributed by atoms with van der Waals surface area (Å²) in [4.78, 5) is 30.4. The molecule has 0 saturated heterocycles. The van der Waals surface area contributed by atoms with Crippen LogP contribution in [0.25, 0.3) is 0 Å². The van der Waals surface area contributed by atoms with Crippen LogP contribution in [-0.4, -0.2) is 53.6 Å². The van der Waals surface area contributed by atoms with Gasteiger partial charge < -0.3 is 26.8 Å². The molecule has 54 heavy (non-hydrogen) atoms. The molecule has 0 bridgehead atoms. The van der Waals surface area contributed by atoms with Gasteiger partial charge in [-0.1, -0.05) is 84.9 Å². The molecule has 286 valence electrons. The van der Waals surface area contributed by atoms with Gasteiger partial charge in [-0.05, 0) is 105 Å². The Morgan fingerprint density at radius 1 is 0.852 bits per heavy atom. The maximum atomic E-state index is 15.4. The number of hydrogen-bond acceptors (Lipinski definition) is 7. The highest BCUT2D eigenvalue weighted by atomic mass is 32.2. The van der Waals surface area contributed by atoms with Gasteiger partial charge in [0.05, 0.1) is 10.8 Å². The Morgan fingerprint density at radius 3 is 1.93 bits per heavy atom. The van der Waals surface area contributed by atoms with E-state index in [4.69, 9.17) is 27.3 Å². The summed E-state index contributed by atoms with van der Waals surface area (Å²) in [6, 6.07) is 23.9. The number of primary amides is 1. The van der Waals surface area contributed by atoms with Crippen LogP contribution >= 0.6 is 0 Å². The number of nitrogens with two attached hydrogens (primary N) is 3. The summed E-state index contributed by atoms with van der Waals surface area (Å²) in [6.45, 7) is 10.2. The van der Waals surface area contributed by atoms with Crippen molar-refractivity contribution in [3.05, 3.63) is 129 Å². The van der Waals surface area contributed by atoms with E-state index in [0.717, 1.165) is 21.0 Å². The van der Waals surface area contributed by atoms with Gasteiger partial charge in [0.1, 0.15) is 17.4 Å². The molecule has 0 spiro atoms. The lowest BCUT2D eigenvalue weighted by Gasteiger charge is -2.37. The molecule has 11 nitrogen and oxygen atoms in total. The highest BCUT2D eigenvalue weighted by molar-refractivity contribution is 7.89. The number of carbonyl (C=O) groups excluding carboxylic acids is 2. The number of hydrogen-bond donors (Lipinski definition) is 4. The van der Waals surface area contributed by atoms with E-state index in [1.165, 1.54) is 0 Å². The standard InChI is InChI=1S/C42H52N6O5S/c1-27-28(2)38(29(3)34-22-23-42(4,5)53-37(27)34)54(51,52)48(40(50)36(32-13-8-6-9-14-32)33-15-10-7-11-16-33)35(39(44)49)17-12-24-47(41(45)46)26-31-20-18-30(25-43)19-21-31/h6-11,13-16,18-21,35-36H,12,17,22-26,43H2,1-5H3,(H2,44,49)(H3,45,46)/t35-/m1/s1. The first kappa shape index (κ1) is 40.0. The number of ether oxygens (including phenoxy) is 1. The maximum Gasteiger partial charge on any atom is 0.267 e. The lowest BCUT2D eigenvalue weighted by molar-refractivity contribution is -0.134. The molecule has 4 aromatic carbocycles. The van der Waals surface area contributed by atoms with Crippen LogP contribution in [0.3, 0.4) is 0 Å². The lowest BCUT2D eigenvalue weighted by atomic mass is 9.88. The number of carbonyl (C=O) groups is 2. The Bertz CT molecular complexity index is 2070. The average molecular weight is 753 g/mol. The first-order valence-corrected chi connectivity index (χ1v) is 19.7. The van der Waals surface area contributed by atoms with E-state index >= 15 is 13.2 Å². The van der Waals surface area contributed by atoms with Crippen LogP contribution in [0.1, 0.15) is 83.5 Å². The summed E-state index contributed by atoms with van der Waals surface area (Å²) in [5.74, 6) is -2.38. The van der Waals surface area contributed by atoms with Crippen molar-refractivity contribution in [1.82, 2.24) is 9.21 Å². The van der Waals surface area contributed by atoms with Crippen LogP contribution in [0.4, 0.5) is 0 Å². The third-order valence-corrected chi connectivity index (χ3v) is 12.5. The molecule has 12 heteroatoms. The highest BCUT2D eigenvalue weighted by Crippen LogP contribution is 2.44. The number of fused-ring (bicyclic) bond motifs is 1. The molecule has 1 atom stereocenters. The van der Waals surface area contributed by atoms with Crippen molar-refractivity contribution in [2.75, 3.05) is 6.54 Å². The minimum atomic E-state index is -4.74. The first-order valence-electron chi connectivity index (χ1n) is 18.2. The van der Waals surface area contributed by atoms with Crippen LogP contribution in [0, 0.1) is 26.2 Å². The average Bonchev–Trinajstić information content (AvgIpc) is 3.13. The van der Waals surface area contributed by atoms with Crippen LogP contribution in [0.2, 0.25) is 0 Å². The zero-order chi connectivity index (χ0) is 39.4.